The average molecular weight is 357 g/mol. The SMILES string of the molecule is Cc1nc(/C=C/C(=O)N2CCCC2c2nnc3n2CCCCC3)cs1. The fourth-order valence-electron chi connectivity index (χ4n) is 3.76. The van der Waals surface area contributed by atoms with Crippen molar-refractivity contribution in [2.45, 2.75) is 58.0 Å². The fourth-order valence-corrected chi connectivity index (χ4v) is 4.34. The van der Waals surface area contributed by atoms with Crippen LogP contribution in [0.25, 0.3) is 6.08 Å². The topological polar surface area (TPSA) is 63.9 Å². The summed E-state index contributed by atoms with van der Waals surface area (Å²) < 4.78 is 2.26. The second-order valence-electron chi connectivity index (χ2n) is 6.75. The minimum absolute atomic E-state index is 0.0409. The van der Waals surface area contributed by atoms with Gasteiger partial charge >= 0.3 is 0 Å². The monoisotopic (exact) mass is 357 g/mol. The molecule has 2 aromatic heterocycles. The van der Waals surface area contributed by atoms with Gasteiger partial charge in [-0.05, 0) is 38.7 Å². The second-order valence-corrected chi connectivity index (χ2v) is 7.81. The number of amides is 1. The highest BCUT2D eigenvalue weighted by Crippen LogP contribution is 2.32. The summed E-state index contributed by atoms with van der Waals surface area (Å²) in [5, 5.41) is 11.8. The van der Waals surface area contributed by atoms with Crippen LogP contribution >= 0.6 is 11.3 Å². The summed E-state index contributed by atoms with van der Waals surface area (Å²) in [6.07, 6.45) is 10.0. The molecule has 1 unspecified atom stereocenters. The number of aromatic nitrogens is 4. The van der Waals surface area contributed by atoms with Crippen LogP contribution in [0.1, 0.15) is 60.5 Å². The van der Waals surface area contributed by atoms with E-state index in [4.69, 9.17) is 0 Å². The molecule has 0 radical (unpaired) electrons. The molecule has 2 aromatic rings. The van der Waals surface area contributed by atoms with Gasteiger partial charge in [-0.25, -0.2) is 4.98 Å². The zero-order chi connectivity index (χ0) is 17.2. The van der Waals surface area contributed by atoms with Crippen molar-refractivity contribution in [1.29, 1.82) is 0 Å². The first-order valence-electron chi connectivity index (χ1n) is 9.05. The number of carbonyl (C=O) groups is 1. The number of carbonyl (C=O) groups excluding carboxylic acids is 1. The molecule has 0 aliphatic carbocycles. The van der Waals surface area contributed by atoms with E-state index in [9.17, 15) is 4.79 Å². The van der Waals surface area contributed by atoms with Gasteiger partial charge in [0.05, 0.1) is 16.7 Å². The zero-order valence-electron chi connectivity index (χ0n) is 14.5. The predicted octanol–water partition coefficient (Wildman–Crippen LogP) is 3.15. The van der Waals surface area contributed by atoms with Crippen LogP contribution in [0.3, 0.4) is 0 Å². The highest BCUT2D eigenvalue weighted by molar-refractivity contribution is 7.09. The van der Waals surface area contributed by atoms with Crippen LogP contribution < -0.4 is 0 Å². The molecule has 2 aliphatic heterocycles. The Morgan fingerprint density at radius 3 is 3.00 bits per heavy atom. The quantitative estimate of drug-likeness (QED) is 0.792. The standard InChI is InChI=1S/C18H23N5OS/c1-13-19-14(12-25-13)8-9-17(24)22-11-5-6-15(22)18-21-20-16-7-3-2-4-10-23(16)18/h8-9,12,15H,2-7,10-11H2,1H3/b9-8+. The van der Waals surface area contributed by atoms with Crippen LogP contribution in [0.15, 0.2) is 11.5 Å². The van der Waals surface area contributed by atoms with Crippen molar-refractivity contribution in [2.75, 3.05) is 6.54 Å². The summed E-state index contributed by atoms with van der Waals surface area (Å²) >= 11 is 1.60. The Kier molecular flexibility index (Phi) is 4.65. The maximum absolute atomic E-state index is 12.7. The number of aryl methyl sites for hydroxylation is 2. The number of thiazole rings is 1. The van der Waals surface area contributed by atoms with Gasteiger partial charge in [-0.15, -0.1) is 21.5 Å². The van der Waals surface area contributed by atoms with E-state index < -0.39 is 0 Å². The Hall–Kier alpha value is -2.02. The molecule has 1 atom stereocenters. The van der Waals surface area contributed by atoms with Crippen molar-refractivity contribution in [2.24, 2.45) is 0 Å². The number of rotatable bonds is 3. The Balaban J connectivity index is 1.53. The van der Waals surface area contributed by atoms with Crippen LogP contribution in [0.5, 0.6) is 0 Å². The molecule has 0 aromatic carbocycles. The minimum atomic E-state index is 0.0409. The van der Waals surface area contributed by atoms with Crippen LogP contribution in [-0.2, 0) is 17.8 Å². The van der Waals surface area contributed by atoms with Gasteiger partial charge in [0.25, 0.3) is 0 Å². The van der Waals surface area contributed by atoms with Crippen molar-refractivity contribution in [1.82, 2.24) is 24.6 Å². The summed E-state index contributed by atoms with van der Waals surface area (Å²) in [6.45, 7) is 3.73. The van der Waals surface area contributed by atoms with Gasteiger partial charge in [0, 0.05) is 31.0 Å². The molecule has 1 fully saturated rings. The summed E-state index contributed by atoms with van der Waals surface area (Å²) in [7, 11) is 0. The van der Waals surface area contributed by atoms with Crippen molar-refractivity contribution >= 4 is 23.3 Å². The van der Waals surface area contributed by atoms with Crippen LogP contribution in [0.4, 0.5) is 0 Å². The van der Waals surface area contributed by atoms with Gasteiger partial charge < -0.3 is 9.47 Å². The third-order valence-corrected chi connectivity index (χ3v) is 5.80. The molecule has 7 heteroatoms. The first-order chi connectivity index (χ1) is 12.2. The van der Waals surface area contributed by atoms with Gasteiger partial charge in [-0.3, -0.25) is 4.79 Å². The summed E-state index contributed by atoms with van der Waals surface area (Å²) in [4.78, 5) is 19.0. The summed E-state index contributed by atoms with van der Waals surface area (Å²) in [5.41, 5.74) is 0.850. The molecule has 0 bridgehead atoms. The van der Waals surface area contributed by atoms with Crippen LogP contribution in [0.2, 0.25) is 0 Å². The number of likely N-dealkylation sites (tertiary alicyclic amines) is 1. The first kappa shape index (κ1) is 16.4. The Morgan fingerprint density at radius 2 is 2.16 bits per heavy atom. The van der Waals surface area contributed by atoms with Gasteiger partial charge in [-0.2, -0.15) is 0 Å². The van der Waals surface area contributed by atoms with E-state index >= 15 is 0 Å². The first-order valence-corrected chi connectivity index (χ1v) is 9.93. The highest BCUT2D eigenvalue weighted by atomic mass is 32.1. The maximum atomic E-state index is 12.7. The number of hydrogen-bond donors (Lipinski definition) is 0. The fraction of sp³-hybridized carbons (Fsp3) is 0.556. The third kappa shape index (κ3) is 3.38. The molecule has 132 valence electrons. The van der Waals surface area contributed by atoms with Gasteiger partial charge in [0.15, 0.2) is 5.82 Å². The van der Waals surface area contributed by atoms with Gasteiger partial charge in [0.1, 0.15) is 5.82 Å². The molecule has 25 heavy (non-hydrogen) atoms. The number of nitrogens with zero attached hydrogens (tertiary/aromatic N) is 5. The summed E-state index contributed by atoms with van der Waals surface area (Å²) in [5.74, 6) is 2.10. The minimum Gasteiger partial charge on any atom is -0.329 e. The van der Waals surface area contributed by atoms with Crippen LogP contribution in [0, 0.1) is 6.92 Å². The molecule has 0 spiro atoms. The molecule has 6 nitrogen and oxygen atoms in total. The van der Waals surface area contributed by atoms with E-state index in [1.54, 1.807) is 17.4 Å². The lowest BCUT2D eigenvalue weighted by atomic mass is 10.2. The highest BCUT2D eigenvalue weighted by Gasteiger charge is 2.33. The lowest BCUT2D eigenvalue weighted by molar-refractivity contribution is -0.127. The molecule has 0 saturated carbocycles. The van der Waals surface area contributed by atoms with E-state index in [2.05, 4.69) is 19.7 Å². The molecule has 1 amide bonds. The Labute approximate surface area is 151 Å². The Morgan fingerprint density at radius 1 is 1.24 bits per heavy atom. The smallest absolute Gasteiger partial charge is 0.247 e. The van der Waals surface area contributed by atoms with Crippen LogP contribution in [-0.4, -0.2) is 37.1 Å². The lowest BCUT2D eigenvalue weighted by Crippen LogP contribution is -2.30. The normalized spacial score (nSPS) is 20.8. The van der Waals surface area contributed by atoms with Crippen molar-refractivity contribution < 1.29 is 4.79 Å². The van der Waals surface area contributed by atoms with Crippen molar-refractivity contribution in [3.05, 3.63) is 33.8 Å². The van der Waals surface area contributed by atoms with Gasteiger partial charge in [-0.1, -0.05) is 6.42 Å². The predicted molar refractivity (Wildman–Crippen MR) is 97.2 cm³/mol. The third-order valence-electron chi connectivity index (χ3n) is 5.01. The second kappa shape index (κ2) is 7.07. The van der Waals surface area contributed by atoms with E-state index in [1.807, 2.05) is 23.3 Å². The van der Waals surface area contributed by atoms with E-state index in [-0.39, 0.29) is 11.9 Å². The number of hydrogen-bond acceptors (Lipinski definition) is 5. The van der Waals surface area contributed by atoms with E-state index in [0.717, 1.165) is 54.7 Å². The molecule has 4 heterocycles. The Bertz CT molecular complexity index is 793. The maximum Gasteiger partial charge on any atom is 0.247 e. The molecular formula is C18H23N5OS. The molecule has 2 aliphatic rings. The molecule has 0 N–H and O–H groups in total. The van der Waals surface area contributed by atoms with Gasteiger partial charge in [0.2, 0.25) is 5.91 Å². The molecule has 1 saturated heterocycles. The number of fused-ring (bicyclic) bond motifs is 1. The zero-order valence-corrected chi connectivity index (χ0v) is 15.3. The lowest BCUT2D eigenvalue weighted by Gasteiger charge is -2.23. The van der Waals surface area contributed by atoms with E-state index in [1.165, 1.54) is 19.3 Å². The summed E-state index contributed by atoms with van der Waals surface area (Å²) in [6, 6.07) is 0.0497. The average Bonchev–Trinajstić information content (AvgIpc) is 3.29. The van der Waals surface area contributed by atoms with Crippen molar-refractivity contribution in [3.63, 3.8) is 0 Å². The van der Waals surface area contributed by atoms with E-state index in [0.29, 0.717) is 0 Å². The molecule has 4 rings (SSSR count). The van der Waals surface area contributed by atoms with Crippen molar-refractivity contribution in [3.8, 4) is 0 Å². The molecular weight excluding hydrogens is 334 g/mol. The largest absolute Gasteiger partial charge is 0.329 e.